The first-order chi connectivity index (χ1) is 6.33. The molecule has 0 unspecified atom stereocenters. The van der Waals surface area contributed by atoms with Crippen LogP contribution in [0, 0.1) is 0 Å². The summed E-state index contributed by atoms with van der Waals surface area (Å²) in [5, 5.41) is 0. The Hall–Kier alpha value is -0.230. The smallest absolute Gasteiger partial charge is 0.396 e. The number of hydrogen-bond donors (Lipinski definition) is 0. The molecular formula is C8H11BrF2O3. The summed E-state index contributed by atoms with van der Waals surface area (Å²) in [6, 6.07) is 0. The van der Waals surface area contributed by atoms with Crippen LogP contribution in [0.4, 0.5) is 8.78 Å². The van der Waals surface area contributed by atoms with Crippen LogP contribution in [0.15, 0.2) is 0 Å². The number of carbonyl (C=O) groups excluding carboxylic acids is 1. The van der Waals surface area contributed by atoms with Gasteiger partial charge in [0.2, 0.25) is 0 Å². The number of alkyl halides is 3. The predicted molar refractivity (Wildman–Crippen MR) is 48.4 cm³/mol. The van der Waals surface area contributed by atoms with Crippen LogP contribution in [0.2, 0.25) is 0 Å². The Balaban J connectivity index is 2.54. The molecule has 0 aromatic rings. The molecule has 0 amide bonds. The lowest BCUT2D eigenvalue weighted by atomic mass is 9.97. The highest BCUT2D eigenvalue weighted by atomic mass is 79.9. The molecule has 0 saturated carbocycles. The molecule has 1 saturated heterocycles. The van der Waals surface area contributed by atoms with Gasteiger partial charge in [-0.2, -0.15) is 8.78 Å². The van der Waals surface area contributed by atoms with Crippen molar-refractivity contribution in [3.63, 3.8) is 0 Å². The van der Waals surface area contributed by atoms with E-state index in [1.807, 2.05) is 15.9 Å². The van der Waals surface area contributed by atoms with E-state index in [1.165, 1.54) is 0 Å². The maximum atomic E-state index is 12.5. The van der Waals surface area contributed by atoms with Crippen LogP contribution in [0.5, 0.6) is 0 Å². The first-order valence-electron chi connectivity index (χ1n) is 4.21. The third-order valence-electron chi connectivity index (χ3n) is 2.12. The van der Waals surface area contributed by atoms with E-state index in [0.29, 0.717) is 26.1 Å². The second-order valence-corrected chi connectivity index (χ2v) is 4.45. The van der Waals surface area contributed by atoms with E-state index in [1.54, 1.807) is 6.92 Å². The molecule has 1 aliphatic rings. The first-order valence-corrected chi connectivity index (χ1v) is 5.01. The van der Waals surface area contributed by atoms with Crippen LogP contribution in [0.3, 0.4) is 0 Å². The minimum absolute atomic E-state index is 0.428. The third-order valence-corrected chi connectivity index (χ3v) is 2.44. The van der Waals surface area contributed by atoms with Gasteiger partial charge in [0.25, 0.3) is 0 Å². The maximum absolute atomic E-state index is 12.5. The van der Waals surface area contributed by atoms with E-state index < -0.39 is 16.4 Å². The number of ether oxygens (including phenoxy) is 2. The predicted octanol–water partition coefficient (Wildman–Crippen LogP) is 2.09. The molecule has 14 heavy (non-hydrogen) atoms. The highest BCUT2D eigenvalue weighted by molar-refractivity contribution is 9.10. The van der Waals surface area contributed by atoms with Gasteiger partial charge < -0.3 is 9.47 Å². The summed E-state index contributed by atoms with van der Waals surface area (Å²) in [6.07, 6.45) is 0.893. The van der Waals surface area contributed by atoms with Gasteiger partial charge in [-0.05, 0) is 6.92 Å². The van der Waals surface area contributed by atoms with Gasteiger partial charge in [0.05, 0.1) is 13.2 Å². The average Bonchev–Trinajstić information content (AvgIpc) is 2.02. The molecule has 0 aliphatic carbocycles. The zero-order chi connectivity index (χ0) is 10.8. The normalized spacial score (nSPS) is 21.7. The van der Waals surface area contributed by atoms with Gasteiger partial charge in [-0.1, -0.05) is 0 Å². The van der Waals surface area contributed by atoms with E-state index >= 15 is 0 Å². The van der Waals surface area contributed by atoms with Gasteiger partial charge in [-0.3, -0.25) is 0 Å². The van der Waals surface area contributed by atoms with Crippen LogP contribution in [-0.4, -0.2) is 29.6 Å². The zero-order valence-electron chi connectivity index (χ0n) is 7.69. The molecule has 0 N–H and O–H groups in total. The van der Waals surface area contributed by atoms with Gasteiger partial charge in [0, 0.05) is 28.8 Å². The Bertz CT molecular complexity index is 221. The number of rotatable bonds is 2. The maximum Gasteiger partial charge on any atom is 0.396 e. The van der Waals surface area contributed by atoms with Crippen molar-refractivity contribution in [3.8, 4) is 0 Å². The molecule has 1 aliphatic heterocycles. The Labute approximate surface area is 88.9 Å². The fraction of sp³-hybridized carbons (Fsp3) is 0.875. The standard InChI is InChI=1S/C8H11BrF2O3/c1-7(2-4-13-5-3-7)14-6(12)8(9,10)11/h2-5H2,1H3. The summed E-state index contributed by atoms with van der Waals surface area (Å²) in [5.74, 6) is -1.54. The van der Waals surface area contributed by atoms with Crippen LogP contribution >= 0.6 is 15.9 Å². The Kier molecular flexibility index (Phi) is 3.47. The van der Waals surface area contributed by atoms with Crippen LogP contribution in [-0.2, 0) is 14.3 Å². The van der Waals surface area contributed by atoms with Crippen molar-refractivity contribution in [1.29, 1.82) is 0 Å². The van der Waals surface area contributed by atoms with Crippen LogP contribution < -0.4 is 0 Å². The first kappa shape index (κ1) is 11.8. The van der Waals surface area contributed by atoms with E-state index in [4.69, 9.17) is 9.47 Å². The molecule has 0 radical (unpaired) electrons. The summed E-state index contributed by atoms with van der Waals surface area (Å²) in [6.45, 7) is 2.49. The molecule has 0 atom stereocenters. The second-order valence-electron chi connectivity index (χ2n) is 3.45. The molecule has 3 nitrogen and oxygen atoms in total. The third kappa shape index (κ3) is 3.16. The van der Waals surface area contributed by atoms with Crippen molar-refractivity contribution < 1.29 is 23.0 Å². The molecule has 0 aromatic heterocycles. The molecular weight excluding hydrogens is 262 g/mol. The number of carbonyl (C=O) groups is 1. The molecule has 0 bridgehead atoms. The number of hydrogen-bond acceptors (Lipinski definition) is 3. The van der Waals surface area contributed by atoms with Gasteiger partial charge in [-0.15, -0.1) is 0 Å². The van der Waals surface area contributed by atoms with Gasteiger partial charge in [0.1, 0.15) is 5.60 Å². The molecule has 1 heterocycles. The minimum Gasteiger partial charge on any atom is -0.454 e. The second kappa shape index (κ2) is 4.10. The molecule has 0 aromatic carbocycles. The largest absolute Gasteiger partial charge is 0.454 e. The lowest BCUT2D eigenvalue weighted by molar-refractivity contribution is -0.181. The summed E-state index contributed by atoms with van der Waals surface area (Å²) in [4.78, 5) is 7.28. The zero-order valence-corrected chi connectivity index (χ0v) is 9.27. The minimum atomic E-state index is -3.60. The number of halogens is 3. The molecule has 82 valence electrons. The Morgan fingerprint density at radius 3 is 2.43 bits per heavy atom. The van der Waals surface area contributed by atoms with E-state index in [0.717, 1.165) is 0 Å². The average molecular weight is 273 g/mol. The van der Waals surface area contributed by atoms with Crippen molar-refractivity contribution >= 4 is 21.9 Å². The van der Waals surface area contributed by atoms with E-state index in [2.05, 4.69) is 0 Å². The summed E-state index contributed by atoms with van der Waals surface area (Å²) < 4.78 is 34.7. The molecule has 6 heteroatoms. The highest BCUT2D eigenvalue weighted by Gasteiger charge is 2.42. The fourth-order valence-electron chi connectivity index (χ4n) is 1.19. The van der Waals surface area contributed by atoms with Gasteiger partial charge in [-0.25, -0.2) is 4.79 Å². The van der Waals surface area contributed by atoms with Crippen molar-refractivity contribution in [2.24, 2.45) is 0 Å². The Morgan fingerprint density at radius 2 is 2.00 bits per heavy atom. The van der Waals surface area contributed by atoms with Crippen molar-refractivity contribution in [1.82, 2.24) is 0 Å². The summed E-state index contributed by atoms with van der Waals surface area (Å²) in [7, 11) is 0. The molecule has 1 rings (SSSR count). The summed E-state index contributed by atoms with van der Waals surface area (Å²) >= 11 is 1.96. The summed E-state index contributed by atoms with van der Waals surface area (Å²) in [5.41, 5.74) is -0.827. The lowest BCUT2D eigenvalue weighted by Gasteiger charge is -2.33. The highest BCUT2D eigenvalue weighted by Crippen LogP contribution is 2.30. The quantitative estimate of drug-likeness (QED) is 0.571. The fourth-order valence-corrected chi connectivity index (χ4v) is 1.27. The van der Waals surface area contributed by atoms with Gasteiger partial charge >= 0.3 is 10.8 Å². The SMILES string of the molecule is CC1(OC(=O)C(F)(F)Br)CCOCC1. The monoisotopic (exact) mass is 272 g/mol. The van der Waals surface area contributed by atoms with Crippen molar-refractivity contribution in [2.45, 2.75) is 30.2 Å². The van der Waals surface area contributed by atoms with Crippen LogP contribution in [0.25, 0.3) is 0 Å². The number of esters is 1. The Morgan fingerprint density at radius 1 is 1.50 bits per heavy atom. The molecule has 0 spiro atoms. The van der Waals surface area contributed by atoms with Crippen LogP contribution in [0.1, 0.15) is 19.8 Å². The van der Waals surface area contributed by atoms with E-state index in [9.17, 15) is 13.6 Å². The molecule has 1 fully saturated rings. The van der Waals surface area contributed by atoms with Gasteiger partial charge in [0.15, 0.2) is 0 Å². The lowest BCUT2D eigenvalue weighted by Crippen LogP contribution is -2.41. The topological polar surface area (TPSA) is 35.5 Å². The van der Waals surface area contributed by atoms with E-state index in [-0.39, 0.29) is 0 Å². The van der Waals surface area contributed by atoms with Crippen molar-refractivity contribution in [2.75, 3.05) is 13.2 Å². The van der Waals surface area contributed by atoms with Crippen molar-refractivity contribution in [3.05, 3.63) is 0 Å².